The van der Waals surface area contributed by atoms with Gasteiger partial charge in [0.05, 0.1) is 0 Å². The lowest BCUT2D eigenvalue weighted by molar-refractivity contribution is -0.122. The van der Waals surface area contributed by atoms with E-state index in [9.17, 15) is 4.79 Å². The lowest BCUT2D eigenvalue weighted by Crippen LogP contribution is -1.99. The van der Waals surface area contributed by atoms with Gasteiger partial charge in [-0.2, -0.15) is 0 Å². The Kier molecular flexibility index (Phi) is 3.55. The number of nitrogens with one attached hydrogen (secondary N) is 1. The van der Waals surface area contributed by atoms with Crippen molar-refractivity contribution in [2.45, 2.75) is 0 Å². The van der Waals surface area contributed by atoms with Gasteiger partial charge in [0.15, 0.2) is 5.76 Å². The third-order valence-electron chi connectivity index (χ3n) is 1.65. The summed E-state index contributed by atoms with van der Waals surface area (Å²) >= 11 is 0. The molecule has 0 saturated carbocycles. The Bertz CT molecular complexity index is 330. The molecule has 0 saturated heterocycles. The highest BCUT2D eigenvalue weighted by Crippen LogP contribution is 2.15. The Morgan fingerprint density at radius 3 is 2.57 bits per heavy atom. The van der Waals surface area contributed by atoms with Crippen molar-refractivity contribution < 1.29 is 9.53 Å². The number of nitrogens with two attached hydrogens (primary N) is 1. The second kappa shape index (κ2) is 4.91. The smallest absolute Gasteiger partial charge is 0.298 e. The van der Waals surface area contributed by atoms with Crippen molar-refractivity contribution in [2.24, 2.45) is 0 Å². The summed E-state index contributed by atoms with van der Waals surface area (Å²) in [5, 5.41) is 2.79. The van der Waals surface area contributed by atoms with Gasteiger partial charge in [-0.25, -0.2) is 0 Å². The number of ether oxygens (including phenoxy) is 1. The van der Waals surface area contributed by atoms with E-state index in [2.05, 4.69) is 5.32 Å². The van der Waals surface area contributed by atoms with Gasteiger partial charge in [0.1, 0.15) is 0 Å². The molecule has 1 aromatic rings. The van der Waals surface area contributed by atoms with Gasteiger partial charge in [0.25, 0.3) is 6.47 Å². The molecule has 4 heteroatoms. The largest absolute Gasteiger partial charge is 0.427 e. The maximum absolute atomic E-state index is 10.2. The summed E-state index contributed by atoms with van der Waals surface area (Å²) < 4.78 is 4.79. The first-order chi connectivity index (χ1) is 6.77. The first-order valence-corrected chi connectivity index (χ1v) is 4.11. The van der Waals surface area contributed by atoms with Gasteiger partial charge in [-0.1, -0.05) is 0 Å². The molecule has 0 aromatic heterocycles. The van der Waals surface area contributed by atoms with Crippen molar-refractivity contribution in [2.75, 3.05) is 12.8 Å². The maximum atomic E-state index is 10.2. The van der Waals surface area contributed by atoms with E-state index in [4.69, 9.17) is 10.5 Å². The average molecular weight is 192 g/mol. The topological polar surface area (TPSA) is 64.3 Å². The van der Waals surface area contributed by atoms with Crippen LogP contribution in [0.1, 0.15) is 5.56 Å². The van der Waals surface area contributed by atoms with Gasteiger partial charge in [-0.3, -0.25) is 4.79 Å². The minimum Gasteiger partial charge on any atom is -0.427 e. The van der Waals surface area contributed by atoms with Gasteiger partial charge < -0.3 is 15.8 Å². The van der Waals surface area contributed by atoms with Crippen LogP contribution in [0.3, 0.4) is 0 Å². The molecule has 3 N–H and O–H groups in total. The lowest BCUT2D eigenvalue weighted by atomic mass is 10.2. The highest BCUT2D eigenvalue weighted by Gasteiger charge is 2.01. The van der Waals surface area contributed by atoms with Crippen molar-refractivity contribution in [3.05, 3.63) is 36.0 Å². The molecule has 1 rings (SSSR count). The zero-order valence-electron chi connectivity index (χ0n) is 7.86. The van der Waals surface area contributed by atoms with Crippen LogP contribution in [-0.4, -0.2) is 13.5 Å². The Morgan fingerprint density at radius 2 is 2.07 bits per heavy atom. The van der Waals surface area contributed by atoms with Gasteiger partial charge in [-0.05, 0) is 24.3 Å². The molecule has 0 aliphatic heterocycles. The molecule has 0 bridgehead atoms. The van der Waals surface area contributed by atoms with Crippen LogP contribution in [0.5, 0.6) is 0 Å². The second-order valence-corrected chi connectivity index (χ2v) is 2.63. The number of benzene rings is 1. The Balaban J connectivity index is 2.93. The van der Waals surface area contributed by atoms with Crippen molar-refractivity contribution in [3.8, 4) is 0 Å². The van der Waals surface area contributed by atoms with Gasteiger partial charge in [0.2, 0.25) is 0 Å². The van der Waals surface area contributed by atoms with Crippen LogP contribution in [-0.2, 0) is 9.53 Å². The molecule has 0 radical (unpaired) electrons. The van der Waals surface area contributed by atoms with Crippen molar-refractivity contribution >= 4 is 17.9 Å². The Hall–Kier alpha value is -1.97. The van der Waals surface area contributed by atoms with Crippen LogP contribution in [0.4, 0.5) is 5.69 Å². The van der Waals surface area contributed by atoms with E-state index >= 15 is 0 Å². The van der Waals surface area contributed by atoms with E-state index in [-0.39, 0.29) is 0 Å². The summed E-state index contributed by atoms with van der Waals surface area (Å²) in [6.07, 6.45) is 1.60. The minimum absolute atomic E-state index is 0.388. The first kappa shape index (κ1) is 10.1. The molecular weight excluding hydrogens is 180 g/mol. The molecule has 0 spiro atoms. The summed E-state index contributed by atoms with van der Waals surface area (Å²) in [5.74, 6) is 0.461. The number of carbonyl (C=O) groups excluding carboxylic acids is 1. The monoisotopic (exact) mass is 192 g/mol. The van der Waals surface area contributed by atoms with E-state index in [0.29, 0.717) is 17.9 Å². The fraction of sp³-hybridized carbons (Fsp3) is 0.100. The summed E-state index contributed by atoms with van der Waals surface area (Å²) in [6.45, 7) is 0.388. The minimum atomic E-state index is 0.388. The normalized spacial score (nSPS) is 10.8. The number of carbonyl (C=O) groups is 1. The molecule has 74 valence electrons. The number of nitrogen functional groups attached to an aromatic ring is 1. The molecule has 0 heterocycles. The molecule has 0 amide bonds. The SMILES string of the molecule is CN/C=C(\OC=O)c1ccc(N)cc1. The summed E-state index contributed by atoms with van der Waals surface area (Å²) in [7, 11) is 1.73. The lowest BCUT2D eigenvalue weighted by Gasteiger charge is -2.04. The fourth-order valence-electron chi connectivity index (χ4n) is 1.02. The predicted molar refractivity (Wildman–Crippen MR) is 55.0 cm³/mol. The molecule has 4 nitrogen and oxygen atoms in total. The van der Waals surface area contributed by atoms with Crippen molar-refractivity contribution in [3.63, 3.8) is 0 Å². The number of hydrogen-bond acceptors (Lipinski definition) is 4. The molecule has 14 heavy (non-hydrogen) atoms. The molecule has 0 aliphatic rings. The highest BCUT2D eigenvalue weighted by atomic mass is 16.5. The molecular formula is C10H12N2O2. The fourth-order valence-corrected chi connectivity index (χ4v) is 1.02. The number of hydrogen-bond donors (Lipinski definition) is 2. The van der Waals surface area contributed by atoms with Crippen LogP contribution in [0.2, 0.25) is 0 Å². The Labute approximate surface area is 82.4 Å². The van der Waals surface area contributed by atoms with E-state index < -0.39 is 0 Å². The maximum Gasteiger partial charge on any atom is 0.298 e. The standard InChI is InChI=1S/C10H12N2O2/c1-12-6-10(14-7-13)8-2-4-9(11)5-3-8/h2-7,12H,11H2,1H3/b10-6-. The summed E-state index contributed by atoms with van der Waals surface area (Å²) in [5.41, 5.74) is 6.99. The van der Waals surface area contributed by atoms with Crippen LogP contribution in [0.15, 0.2) is 30.5 Å². The van der Waals surface area contributed by atoms with Crippen LogP contribution < -0.4 is 11.1 Å². The van der Waals surface area contributed by atoms with Crippen LogP contribution in [0, 0.1) is 0 Å². The van der Waals surface area contributed by atoms with Crippen molar-refractivity contribution in [1.82, 2.24) is 5.32 Å². The van der Waals surface area contributed by atoms with Crippen LogP contribution in [0.25, 0.3) is 5.76 Å². The molecule has 0 atom stereocenters. The summed E-state index contributed by atoms with van der Waals surface area (Å²) in [4.78, 5) is 10.2. The number of rotatable bonds is 4. The first-order valence-electron chi connectivity index (χ1n) is 4.11. The van der Waals surface area contributed by atoms with Gasteiger partial charge >= 0.3 is 0 Å². The molecule has 0 unspecified atom stereocenters. The molecule has 0 fully saturated rings. The second-order valence-electron chi connectivity index (χ2n) is 2.63. The van der Waals surface area contributed by atoms with E-state index in [1.54, 1.807) is 37.5 Å². The highest BCUT2D eigenvalue weighted by molar-refractivity contribution is 5.66. The van der Waals surface area contributed by atoms with Crippen molar-refractivity contribution in [1.29, 1.82) is 0 Å². The van der Waals surface area contributed by atoms with E-state index in [1.165, 1.54) is 0 Å². The van der Waals surface area contributed by atoms with Gasteiger partial charge in [-0.15, -0.1) is 0 Å². The zero-order valence-corrected chi connectivity index (χ0v) is 7.86. The third-order valence-corrected chi connectivity index (χ3v) is 1.65. The predicted octanol–water partition coefficient (Wildman–Crippen LogP) is 0.960. The molecule has 0 aliphatic carbocycles. The average Bonchev–Trinajstić information content (AvgIpc) is 2.19. The van der Waals surface area contributed by atoms with Gasteiger partial charge in [0, 0.05) is 24.5 Å². The molecule has 1 aromatic carbocycles. The third kappa shape index (κ3) is 2.52. The Morgan fingerprint density at radius 1 is 1.43 bits per heavy atom. The van der Waals surface area contributed by atoms with Crippen LogP contribution >= 0.6 is 0 Å². The van der Waals surface area contributed by atoms with E-state index in [1.807, 2.05) is 0 Å². The van der Waals surface area contributed by atoms with E-state index in [0.717, 1.165) is 5.56 Å². The number of anilines is 1. The summed E-state index contributed by atoms with van der Waals surface area (Å²) in [6, 6.07) is 7.05. The zero-order chi connectivity index (χ0) is 10.4. The quantitative estimate of drug-likeness (QED) is 0.423.